The van der Waals surface area contributed by atoms with Crippen molar-refractivity contribution < 1.29 is 5.11 Å². The Morgan fingerprint density at radius 2 is 2.13 bits per heavy atom. The van der Waals surface area contributed by atoms with Crippen LogP contribution in [0.2, 0.25) is 0 Å². The van der Waals surface area contributed by atoms with Gasteiger partial charge in [0, 0.05) is 12.2 Å². The third-order valence-electron chi connectivity index (χ3n) is 4.16. The van der Waals surface area contributed by atoms with Crippen molar-refractivity contribution in [3.8, 4) is 0 Å². The predicted octanol–water partition coefficient (Wildman–Crippen LogP) is 2.06. The molecule has 2 aromatic heterocycles. The third-order valence-corrected chi connectivity index (χ3v) is 4.16. The van der Waals surface area contributed by atoms with Crippen LogP contribution in [0, 0.1) is 0 Å². The Kier molecular flexibility index (Phi) is 3.55. The maximum atomic E-state index is 9.54. The topological polar surface area (TPSA) is 90.0 Å². The summed E-state index contributed by atoms with van der Waals surface area (Å²) >= 11 is 0. The summed E-state index contributed by atoms with van der Waals surface area (Å²) in [4.78, 5) is 18.6. The zero-order valence-corrected chi connectivity index (χ0v) is 12.6. The Morgan fingerprint density at radius 1 is 1.26 bits per heavy atom. The van der Waals surface area contributed by atoms with Gasteiger partial charge in [-0.2, -0.15) is 9.97 Å². The monoisotopic (exact) mass is 310 g/mol. The first-order valence-corrected chi connectivity index (χ1v) is 7.76. The standard InChI is InChI=1S/C16H18N6O/c23-9-12-7-4-8-22(12)16-20-14-13(17-10-18-14)15(21-16)19-11-5-2-1-3-6-11/h1-3,5-6,10,12,23H,4,7-9H2,(H2,17,18,19,20,21). The van der Waals surface area contributed by atoms with Crippen molar-refractivity contribution in [3.05, 3.63) is 36.7 Å². The summed E-state index contributed by atoms with van der Waals surface area (Å²) in [7, 11) is 0. The number of aromatic amines is 1. The minimum Gasteiger partial charge on any atom is -0.394 e. The van der Waals surface area contributed by atoms with Gasteiger partial charge in [-0.1, -0.05) is 18.2 Å². The zero-order valence-electron chi connectivity index (χ0n) is 12.6. The molecular weight excluding hydrogens is 292 g/mol. The third kappa shape index (κ3) is 2.59. The molecule has 0 amide bonds. The summed E-state index contributed by atoms with van der Waals surface area (Å²) in [6.45, 7) is 0.968. The molecule has 1 aliphatic heterocycles. The van der Waals surface area contributed by atoms with Gasteiger partial charge in [0.15, 0.2) is 11.5 Å². The lowest BCUT2D eigenvalue weighted by Gasteiger charge is -2.23. The molecule has 1 atom stereocenters. The number of imidazole rings is 1. The minimum atomic E-state index is 0.0796. The molecule has 0 spiro atoms. The molecule has 7 heteroatoms. The quantitative estimate of drug-likeness (QED) is 0.683. The van der Waals surface area contributed by atoms with E-state index in [0.29, 0.717) is 17.4 Å². The highest BCUT2D eigenvalue weighted by molar-refractivity contribution is 5.86. The number of aromatic nitrogens is 4. The Morgan fingerprint density at radius 3 is 2.96 bits per heavy atom. The first-order chi connectivity index (χ1) is 11.3. The van der Waals surface area contributed by atoms with Crippen LogP contribution in [0.3, 0.4) is 0 Å². The van der Waals surface area contributed by atoms with Crippen LogP contribution >= 0.6 is 0 Å². The second-order valence-corrected chi connectivity index (χ2v) is 5.64. The van der Waals surface area contributed by atoms with Gasteiger partial charge in [0.2, 0.25) is 5.95 Å². The van der Waals surface area contributed by atoms with Crippen molar-refractivity contribution >= 4 is 28.6 Å². The van der Waals surface area contributed by atoms with E-state index >= 15 is 0 Å². The number of rotatable bonds is 4. The van der Waals surface area contributed by atoms with Crippen LogP contribution in [-0.4, -0.2) is 44.2 Å². The highest BCUT2D eigenvalue weighted by atomic mass is 16.3. The fourth-order valence-electron chi connectivity index (χ4n) is 2.99. The van der Waals surface area contributed by atoms with E-state index in [-0.39, 0.29) is 12.6 Å². The lowest BCUT2D eigenvalue weighted by Crippen LogP contribution is -2.33. The van der Waals surface area contributed by atoms with E-state index in [4.69, 9.17) is 0 Å². The van der Waals surface area contributed by atoms with Crippen LogP contribution in [0.25, 0.3) is 11.2 Å². The number of para-hydroxylation sites is 1. The molecule has 3 N–H and O–H groups in total. The summed E-state index contributed by atoms with van der Waals surface area (Å²) in [6, 6.07) is 9.95. The van der Waals surface area contributed by atoms with Crippen LogP contribution in [0.4, 0.5) is 17.5 Å². The van der Waals surface area contributed by atoms with Gasteiger partial charge in [-0.15, -0.1) is 0 Å². The number of fused-ring (bicyclic) bond motifs is 1. The number of nitrogens with one attached hydrogen (secondary N) is 2. The molecule has 1 saturated heterocycles. The fourth-order valence-corrected chi connectivity index (χ4v) is 2.99. The van der Waals surface area contributed by atoms with Crippen LogP contribution in [0.1, 0.15) is 12.8 Å². The molecule has 3 aromatic rings. The average molecular weight is 310 g/mol. The van der Waals surface area contributed by atoms with Crippen molar-refractivity contribution in [1.29, 1.82) is 0 Å². The summed E-state index contributed by atoms with van der Waals surface area (Å²) in [6.07, 6.45) is 3.61. The average Bonchev–Trinajstić information content (AvgIpc) is 3.24. The van der Waals surface area contributed by atoms with E-state index in [1.807, 2.05) is 30.3 Å². The number of hydrogen-bond donors (Lipinski definition) is 3. The smallest absolute Gasteiger partial charge is 0.229 e. The van der Waals surface area contributed by atoms with Crippen LogP contribution in [0.5, 0.6) is 0 Å². The maximum Gasteiger partial charge on any atom is 0.229 e. The molecule has 0 saturated carbocycles. The highest BCUT2D eigenvalue weighted by Gasteiger charge is 2.27. The van der Waals surface area contributed by atoms with Gasteiger partial charge in [0.1, 0.15) is 5.52 Å². The van der Waals surface area contributed by atoms with Crippen molar-refractivity contribution in [2.75, 3.05) is 23.4 Å². The van der Waals surface area contributed by atoms with Gasteiger partial charge < -0.3 is 20.3 Å². The van der Waals surface area contributed by atoms with Crippen LogP contribution in [-0.2, 0) is 0 Å². The molecule has 0 bridgehead atoms. The Balaban J connectivity index is 1.75. The lowest BCUT2D eigenvalue weighted by atomic mass is 10.2. The van der Waals surface area contributed by atoms with E-state index < -0.39 is 0 Å². The maximum absolute atomic E-state index is 9.54. The van der Waals surface area contributed by atoms with Crippen LogP contribution < -0.4 is 10.2 Å². The summed E-state index contributed by atoms with van der Waals surface area (Å²) < 4.78 is 0. The Labute approximate surface area is 133 Å². The van der Waals surface area contributed by atoms with Gasteiger partial charge in [0.25, 0.3) is 0 Å². The van der Waals surface area contributed by atoms with Crippen molar-refractivity contribution in [2.45, 2.75) is 18.9 Å². The van der Waals surface area contributed by atoms with Gasteiger partial charge in [-0.3, -0.25) is 0 Å². The normalized spacial score (nSPS) is 17.8. The first kappa shape index (κ1) is 14.0. The van der Waals surface area contributed by atoms with E-state index in [0.717, 1.165) is 30.6 Å². The van der Waals surface area contributed by atoms with E-state index in [1.165, 1.54) is 0 Å². The molecule has 1 aliphatic rings. The number of anilines is 3. The van der Waals surface area contributed by atoms with E-state index in [9.17, 15) is 5.11 Å². The van der Waals surface area contributed by atoms with Crippen LogP contribution in [0.15, 0.2) is 36.7 Å². The number of hydrogen-bond acceptors (Lipinski definition) is 6. The van der Waals surface area contributed by atoms with E-state index in [2.05, 4.69) is 30.2 Å². The Hall–Kier alpha value is -2.67. The van der Waals surface area contributed by atoms with Crippen molar-refractivity contribution in [2.24, 2.45) is 0 Å². The number of benzene rings is 1. The predicted molar refractivity (Wildman–Crippen MR) is 88.9 cm³/mol. The second kappa shape index (κ2) is 5.85. The number of nitrogens with zero attached hydrogens (tertiary/aromatic N) is 4. The zero-order chi connectivity index (χ0) is 15.6. The summed E-state index contributed by atoms with van der Waals surface area (Å²) in [5.41, 5.74) is 2.35. The number of aliphatic hydroxyl groups excluding tert-OH is 1. The van der Waals surface area contributed by atoms with Gasteiger partial charge in [0.05, 0.1) is 19.0 Å². The minimum absolute atomic E-state index is 0.0796. The molecule has 1 unspecified atom stereocenters. The van der Waals surface area contributed by atoms with Gasteiger partial charge in [-0.25, -0.2) is 4.98 Å². The molecule has 118 valence electrons. The largest absolute Gasteiger partial charge is 0.394 e. The fraction of sp³-hybridized carbons (Fsp3) is 0.312. The lowest BCUT2D eigenvalue weighted by molar-refractivity contribution is 0.265. The molecule has 1 fully saturated rings. The summed E-state index contributed by atoms with van der Waals surface area (Å²) in [5.74, 6) is 1.30. The Bertz CT molecular complexity index is 803. The molecular formula is C16H18N6O. The highest BCUT2D eigenvalue weighted by Crippen LogP contribution is 2.27. The van der Waals surface area contributed by atoms with E-state index in [1.54, 1.807) is 6.33 Å². The molecule has 0 aliphatic carbocycles. The molecule has 23 heavy (non-hydrogen) atoms. The number of aliphatic hydroxyl groups is 1. The van der Waals surface area contributed by atoms with Gasteiger partial charge in [-0.05, 0) is 25.0 Å². The van der Waals surface area contributed by atoms with Crippen molar-refractivity contribution in [1.82, 2.24) is 19.9 Å². The second-order valence-electron chi connectivity index (χ2n) is 5.64. The molecule has 1 aromatic carbocycles. The molecule has 3 heterocycles. The SMILES string of the molecule is OCC1CCCN1c1nc(Nc2ccccc2)c2[nH]cnc2n1. The first-order valence-electron chi connectivity index (χ1n) is 7.76. The molecule has 4 rings (SSSR count). The summed E-state index contributed by atoms with van der Waals surface area (Å²) in [5, 5.41) is 12.9. The number of H-pyrrole nitrogens is 1. The van der Waals surface area contributed by atoms with Gasteiger partial charge >= 0.3 is 0 Å². The molecule has 7 nitrogen and oxygen atoms in total. The van der Waals surface area contributed by atoms with Crippen molar-refractivity contribution in [3.63, 3.8) is 0 Å². The molecule has 0 radical (unpaired) electrons.